The summed E-state index contributed by atoms with van der Waals surface area (Å²) in [6.45, 7) is 0.0711. The van der Waals surface area contributed by atoms with Crippen LogP contribution >= 0.6 is 0 Å². The maximum atomic E-state index is 13.1. The Balaban J connectivity index is 2.38. The van der Waals surface area contributed by atoms with Crippen LogP contribution in [0.1, 0.15) is 36.4 Å². The Bertz CT molecular complexity index is 469. The molecule has 1 fully saturated rings. The Morgan fingerprint density at radius 2 is 2.00 bits per heavy atom. The third-order valence-corrected chi connectivity index (χ3v) is 4.05. The number of hydrogen-bond acceptors (Lipinski definition) is 2. The van der Waals surface area contributed by atoms with Gasteiger partial charge in [-0.3, -0.25) is 4.90 Å². The van der Waals surface area contributed by atoms with Crippen molar-refractivity contribution in [3.63, 3.8) is 0 Å². The Kier molecular flexibility index (Phi) is 4.34. The molecular weight excluding hydrogens is 272 g/mol. The molecule has 1 aliphatic rings. The molecular formula is C14H18F4N2. The van der Waals surface area contributed by atoms with E-state index in [0.29, 0.717) is 6.07 Å². The van der Waals surface area contributed by atoms with Gasteiger partial charge in [-0.15, -0.1) is 0 Å². The molecule has 0 aromatic heterocycles. The van der Waals surface area contributed by atoms with Crippen molar-refractivity contribution in [3.8, 4) is 0 Å². The van der Waals surface area contributed by atoms with Crippen molar-refractivity contribution in [1.82, 2.24) is 4.90 Å². The predicted molar refractivity (Wildman–Crippen MR) is 68.6 cm³/mol. The van der Waals surface area contributed by atoms with Crippen LogP contribution in [0.5, 0.6) is 0 Å². The Morgan fingerprint density at radius 3 is 2.45 bits per heavy atom. The third kappa shape index (κ3) is 2.96. The molecule has 0 radical (unpaired) electrons. The molecule has 1 aromatic carbocycles. The summed E-state index contributed by atoms with van der Waals surface area (Å²) >= 11 is 0. The molecule has 6 heteroatoms. The van der Waals surface area contributed by atoms with Crippen LogP contribution in [0.4, 0.5) is 17.6 Å². The first kappa shape index (κ1) is 15.3. The van der Waals surface area contributed by atoms with Gasteiger partial charge in [-0.05, 0) is 37.6 Å². The van der Waals surface area contributed by atoms with Crippen molar-refractivity contribution in [2.75, 3.05) is 13.6 Å². The summed E-state index contributed by atoms with van der Waals surface area (Å²) in [5.41, 5.74) is 4.79. The van der Waals surface area contributed by atoms with Gasteiger partial charge >= 0.3 is 6.18 Å². The molecule has 2 nitrogen and oxygen atoms in total. The van der Waals surface area contributed by atoms with Crippen LogP contribution in [0.25, 0.3) is 0 Å². The van der Waals surface area contributed by atoms with Gasteiger partial charge in [-0.2, -0.15) is 13.2 Å². The minimum atomic E-state index is -4.58. The smallest absolute Gasteiger partial charge is 0.329 e. The van der Waals surface area contributed by atoms with E-state index >= 15 is 0 Å². The van der Waals surface area contributed by atoms with E-state index in [0.717, 1.165) is 25.3 Å². The van der Waals surface area contributed by atoms with Gasteiger partial charge < -0.3 is 5.73 Å². The monoisotopic (exact) mass is 290 g/mol. The zero-order chi connectivity index (χ0) is 14.9. The average molecular weight is 290 g/mol. The van der Waals surface area contributed by atoms with Crippen molar-refractivity contribution < 1.29 is 17.6 Å². The molecule has 2 N–H and O–H groups in total. The lowest BCUT2D eigenvalue weighted by atomic mass is 9.88. The second-order valence-corrected chi connectivity index (χ2v) is 5.23. The molecule has 0 amide bonds. The molecule has 1 aliphatic carbocycles. The molecule has 1 saturated carbocycles. The van der Waals surface area contributed by atoms with Crippen LogP contribution in [0.2, 0.25) is 0 Å². The minimum Gasteiger partial charge on any atom is -0.329 e. The maximum Gasteiger partial charge on any atom is 0.416 e. The van der Waals surface area contributed by atoms with E-state index in [1.54, 1.807) is 7.05 Å². The molecule has 0 aliphatic heterocycles. The molecule has 0 heterocycles. The molecule has 1 aromatic rings. The number of likely N-dealkylation sites (N-methyl/N-ethyl adjacent to an activating group) is 1. The van der Waals surface area contributed by atoms with Crippen molar-refractivity contribution in [2.24, 2.45) is 5.73 Å². The number of benzene rings is 1. The van der Waals surface area contributed by atoms with Crippen LogP contribution in [-0.2, 0) is 6.18 Å². The number of nitrogens with zero attached hydrogens (tertiary/aromatic N) is 1. The van der Waals surface area contributed by atoms with Crippen molar-refractivity contribution in [3.05, 3.63) is 35.1 Å². The minimum absolute atomic E-state index is 0.0517. The van der Waals surface area contributed by atoms with Gasteiger partial charge in [-0.1, -0.05) is 12.5 Å². The summed E-state index contributed by atoms with van der Waals surface area (Å²) in [6.07, 6.45) is -1.56. The number of alkyl halides is 3. The molecule has 0 spiro atoms. The van der Waals surface area contributed by atoms with E-state index in [2.05, 4.69) is 0 Å². The summed E-state index contributed by atoms with van der Waals surface area (Å²) in [7, 11) is 1.78. The lowest BCUT2D eigenvalue weighted by Crippen LogP contribution is -2.42. The van der Waals surface area contributed by atoms with Crippen LogP contribution < -0.4 is 5.73 Å². The summed E-state index contributed by atoms with van der Waals surface area (Å²) in [5, 5.41) is 0. The van der Waals surface area contributed by atoms with Crippen LogP contribution in [0.15, 0.2) is 18.2 Å². The van der Waals surface area contributed by atoms with E-state index in [4.69, 9.17) is 5.73 Å². The van der Waals surface area contributed by atoms with E-state index in [1.807, 2.05) is 4.90 Å². The van der Waals surface area contributed by atoms with Gasteiger partial charge in [0.1, 0.15) is 5.82 Å². The molecule has 0 bridgehead atoms. The highest BCUT2D eigenvalue weighted by molar-refractivity contribution is 5.33. The molecule has 1 atom stereocenters. The highest BCUT2D eigenvalue weighted by atomic mass is 19.4. The molecule has 20 heavy (non-hydrogen) atoms. The van der Waals surface area contributed by atoms with E-state index in [-0.39, 0.29) is 18.2 Å². The standard InChI is InChI=1S/C14H18F4N2/c1-20(10-3-2-4-10)13(8-19)11-6-5-9(15)7-12(11)14(16,17)18/h5-7,10,13H,2-4,8,19H2,1H3. The maximum absolute atomic E-state index is 13.1. The molecule has 2 rings (SSSR count). The lowest BCUT2D eigenvalue weighted by Gasteiger charge is -2.40. The van der Waals surface area contributed by atoms with E-state index in [1.165, 1.54) is 6.07 Å². The topological polar surface area (TPSA) is 29.3 Å². The quantitative estimate of drug-likeness (QED) is 0.862. The lowest BCUT2D eigenvalue weighted by molar-refractivity contribution is -0.139. The normalized spacial score (nSPS) is 18.1. The van der Waals surface area contributed by atoms with Crippen molar-refractivity contribution in [1.29, 1.82) is 0 Å². The first-order valence-electron chi connectivity index (χ1n) is 6.63. The van der Waals surface area contributed by atoms with Gasteiger partial charge in [0.25, 0.3) is 0 Å². The SMILES string of the molecule is CN(C1CCC1)C(CN)c1ccc(F)cc1C(F)(F)F. The van der Waals surface area contributed by atoms with Gasteiger partial charge in [0.05, 0.1) is 5.56 Å². The number of halogens is 4. The second kappa shape index (κ2) is 5.69. The fourth-order valence-corrected chi connectivity index (χ4v) is 2.63. The fraction of sp³-hybridized carbons (Fsp3) is 0.571. The van der Waals surface area contributed by atoms with Crippen molar-refractivity contribution >= 4 is 0 Å². The average Bonchev–Trinajstić information content (AvgIpc) is 2.28. The third-order valence-electron chi connectivity index (χ3n) is 4.05. The van der Waals surface area contributed by atoms with Crippen molar-refractivity contribution in [2.45, 2.75) is 37.5 Å². The van der Waals surface area contributed by atoms with Crippen LogP contribution in [-0.4, -0.2) is 24.5 Å². The highest BCUT2D eigenvalue weighted by Gasteiger charge is 2.37. The largest absolute Gasteiger partial charge is 0.416 e. The molecule has 0 saturated heterocycles. The first-order valence-corrected chi connectivity index (χ1v) is 6.63. The van der Waals surface area contributed by atoms with Gasteiger partial charge in [0.2, 0.25) is 0 Å². The second-order valence-electron chi connectivity index (χ2n) is 5.23. The van der Waals surface area contributed by atoms with E-state index in [9.17, 15) is 17.6 Å². The van der Waals surface area contributed by atoms with Gasteiger partial charge in [-0.25, -0.2) is 4.39 Å². The predicted octanol–water partition coefficient (Wildman–Crippen LogP) is 3.33. The Morgan fingerprint density at radius 1 is 1.35 bits per heavy atom. The summed E-state index contributed by atoms with van der Waals surface area (Å²) in [4.78, 5) is 1.88. The van der Waals surface area contributed by atoms with Gasteiger partial charge in [0.15, 0.2) is 0 Å². The fourth-order valence-electron chi connectivity index (χ4n) is 2.63. The zero-order valence-electron chi connectivity index (χ0n) is 11.3. The summed E-state index contributed by atoms with van der Waals surface area (Å²) in [6, 6.07) is 2.52. The summed E-state index contributed by atoms with van der Waals surface area (Å²) in [5.74, 6) is -0.886. The highest BCUT2D eigenvalue weighted by Crippen LogP contribution is 2.38. The zero-order valence-corrected chi connectivity index (χ0v) is 11.3. The van der Waals surface area contributed by atoms with Crippen LogP contribution in [0, 0.1) is 5.82 Å². The van der Waals surface area contributed by atoms with E-state index < -0.39 is 23.6 Å². The Hall–Kier alpha value is -1.14. The van der Waals surface area contributed by atoms with Gasteiger partial charge in [0, 0.05) is 18.6 Å². The Labute approximate surface area is 115 Å². The number of rotatable bonds is 4. The molecule has 1 unspecified atom stereocenters. The van der Waals surface area contributed by atoms with Crippen LogP contribution in [0.3, 0.4) is 0 Å². The summed E-state index contributed by atoms with van der Waals surface area (Å²) < 4.78 is 52.3. The molecule has 112 valence electrons. The first-order chi connectivity index (χ1) is 9.34. The number of nitrogens with two attached hydrogens (primary N) is 1. The number of hydrogen-bond donors (Lipinski definition) is 1.